The van der Waals surface area contributed by atoms with Gasteiger partial charge < -0.3 is 0 Å². The summed E-state index contributed by atoms with van der Waals surface area (Å²) in [6.45, 7) is 0. The molecule has 13 aromatic rings. The van der Waals surface area contributed by atoms with Crippen LogP contribution in [0, 0.1) is 0 Å². The molecule has 0 aliphatic rings. The van der Waals surface area contributed by atoms with Gasteiger partial charge in [0.2, 0.25) is 5.95 Å². The zero-order chi connectivity index (χ0) is 35.8. The third kappa shape index (κ3) is 3.84. The van der Waals surface area contributed by atoms with Crippen LogP contribution in [0.15, 0.2) is 170 Å². The van der Waals surface area contributed by atoms with E-state index in [1.165, 1.54) is 37.7 Å². The summed E-state index contributed by atoms with van der Waals surface area (Å²) in [7, 11) is 0. The van der Waals surface area contributed by atoms with Crippen LogP contribution in [-0.2, 0) is 0 Å². The van der Waals surface area contributed by atoms with Crippen molar-refractivity contribution in [2.24, 2.45) is 0 Å². The van der Waals surface area contributed by atoms with Crippen molar-refractivity contribution in [3.8, 4) is 17.1 Å². The first-order valence-electron chi connectivity index (χ1n) is 18.6. The largest absolute Gasteiger partial charge is 0.292 e. The van der Waals surface area contributed by atoms with Crippen molar-refractivity contribution in [2.75, 3.05) is 0 Å². The predicted octanol–water partition coefficient (Wildman–Crippen LogP) is 12.1. The Labute approximate surface area is 312 Å². The fourth-order valence-electron chi connectivity index (χ4n) is 9.14. The number of nitrogens with zero attached hydrogens (tertiary/aromatic N) is 6. The molecule has 254 valence electrons. The highest BCUT2D eigenvalue weighted by Crippen LogP contribution is 2.39. The molecule has 0 N–H and O–H groups in total. The van der Waals surface area contributed by atoms with E-state index in [0.717, 1.165) is 77.9 Å². The first-order chi connectivity index (χ1) is 27.3. The number of para-hydroxylation sites is 5. The fraction of sp³-hybridized carbons (Fsp3) is 0. The Morgan fingerprint density at radius 1 is 0.327 bits per heavy atom. The molecule has 0 amide bonds. The molecule has 55 heavy (non-hydrogen) atoms. The summed E-state index contributed by atoms with van der Waals surface area (Å²) >= 11 is 0. The van der Waals surface area contributed by atoms with Gasteiger partial charge in [-0.25, -0.2) is 15.0 Å². The van der Waals surface area contributed by atoms with Crippen LogP contribution in [-0.4, -0.2) is 28.3 Å². The number of hydrogen-bond acceptors (Lipinski definition) is 3. The Bertz CT molecular complexity index is 3790. The molecule has 0 aliphatic heterocycles. The third-order valence-corrected chi connectivity index (χ3v) is 11.6. The Morgan fingerprint density at radius 3 is 1.82 bits per heavy atom. The zero-order valence-electron chi connectivity index (χ0n) is 29.3. The van der Waals surface area contributed by atoms with Gasteiger partial charge in [0, 0.05) is 26.9 Å². The first kappa shape index (κ1) is 28.9. The molecule has 0 spiro atoms. The monoisotopic (exact) mass is 700 g/mol. The van der Waals surface area contributed by atoms with Crippen molar-refractivity contribution in [1.82, 2.24) is 28.3 Å². The molecular weight excluding hydrogens is 673 g/mol. The maximum Gasteiger partial charge on any atom is 0.221 e. The molecule has 0 fully saturated rings. The molecule has 5 heterocycles. The second kappa shape index (κ2) is 10.5. The number of hydrogen-bond donors (Lipinski definition) is 0. The molecule has 0 saturated heterocycles. The molecular formula is C49H28N6. The fourth-order valence-corrected chi connectivity index (χ4v) is 9.14. The van der Waals surface area contributed by atoms with Crippen LogP contribution in [0.5, 0.6) is 0 Å². The lowest BCUT2D eigenvalue weighted by atomic mass is 9.99. The molecule has 0 unspecified atom stereocenters. The highest BCUT2D eigenvalue weighted by atomic mass is 15.2. The van der Waals surface area contributed by atoms with Crippen LogP contribution in [0.25, 0.3) is 116 Å². The lowest BCUT2D eigenvalue weighted by molar-refractivity contribution is 0.979. The molecule has 0 atom stereocenters. The second-order valence-electron chi connectivity index (χ2n) is 14.5. The SMILES string of the molecule is c1ccc2c(c1)ccc1c3ccccc3n3c4cc(-c5ccc6c(c5)c5ccccc5n6-c5nc6ccccc6c6nc7ccccc7n56)ccc4nc3c21. The van der Waals surface area contributed by atoms with Gasteiger partial charge in [0.15, 0.2) is 0 Å². The van der Waals surface area contributed by atoms with Gasteiger partial charge in [-0.1, -0.05) is 109 Å². The van der Waals surface area contributed by atoms with Gasteiger partial charge >= 0.3 is 0 Å². The van der Waals surface area contributed by atoms with E-state index in [1.54, 1.807) is 0 Å². The van der Waals surface area contributed by atoms with E-state index in [0.29, 0.717) is 0 Å². The van der Waals surface area contributed by atoms with Crippen molar-refractivity contribution in [2.45, 2.75) is 0 Å². The Morgan fingerprint density at radius 2 is 0.945 bits per heavy atom. The maximum atomic E-state index is 5.35. The van der Waals surface area contributed by atoms with Gasteiger partial charge in [-0.05, 0) is 87.9 Å². The van der Waals surface area contributed by atoms with Crippen LogP contribution in [0.1, 0.15) is 0 Å². The average Bonchev–Trinajstić information content (AvgIpc) is 3.93. The van der Waals surface area contributed by atoms with E-state index >= 15 is 0 Å². The van der Waals surface area contributed by atoms with Crippen LogP contribution in [0.2, 0.25) is 0 Å². The molecule has 0 radical (unpaired) electrons. The minimum absolute atomic E-state index is 0.820. The van der Waals surface area contributed by atoms with E-state index in [4.69, 9.17) is 15.0 Å². The topological polar surface area (TPSA) is 52.4 Å². The summed E-state index contributed by atoms with van der Waals surface area (Å²) in [4.78, 5) is 15.8. The number of imidazole rings is 2. The number of benzene rings is 8. The lowest BCUT2D eigenvalue weighted by Crippen LogP contribution is -2.06. The number of fused-ring (bicyclic) bond motifs is 18. The Balaban J connectivity index is 1.08. The molecule has 6 heteroatoms. The van der Waals surface area contributed by atoms with Crippen molar-refractivity contribution < 1.29 is 0 Å². The summed E-state index contributed by atoms with van der Waals surface area (Å²) in [5.74, 6) is 0.820. The smallest absolute Gasteiger partial charge is 0.221 e. The number of pyridine rings is 1. The Kier molecular flexibility index (Phi) is 5.54. The quantitative estimate of drug-likeness (QED) is 0.169. The van der Waals surface area contributed by atoms with Crippen molar-refractivity contribution in [1.29, 1.82) is 0 Å². The van der Waals surface area contributed by atoms with Crippen molar-refractivity contribution in [3.05, 3.63) is 170 Å². The van der Waals surface area contributed by atoms with Gasteiger partial charge in [-0.2, -0.15) is 0 Å². The molecule has 13 rings (SSSR count). The Hall–Kier alpha value is -7.57. The summed E-state index contributed by atoms with van der Waals surface area (Å²) in [5.41, 5.74) is 12.5. The van der Waals surface area contributed by atoms with Crippen LogP contribution in [0.4, 0.5) is 0 Å². The number of rotatable bonds is 2. The van der Waals surface area contributed by atoms with E-state index < -0.39 is 0 Å². The minimum atomic E-state index is 0.820. The normalized spacial score (nSPS) is 12.4. The van der Waals surface area contributed by atoms with E-state index in [1.807, 2.05) is 12.1 Å². The van der Waals surface area contributed by atoms with E-state index in [2.05, 4.69) is 171 Å². The molecule has 5 aromatic heterocycles. The zero-order valence-corrected chi connectivity index (χ0v) is 29.3. The molecule has 0 aliphatic carbocycles. The van der Waals surface area contributed by atoms with Gasteiger partial charge in [-0.3, -0.25) is 13.4 Å². The molecule has 0 saturated carbocycles. The van der Waals surface area contributed by atoms with E-state index in [-0.39, 0.29) is 0 Å². The average molecular weight is 701 g/mol. The maximum absolute atomic E-state index is 5.35. The highest BCUT2D eigenvalue weighted by Gasteiger charge is 2.21. The third-order valence-electron chi connectivity index (χ3n) is 11.6. The standard InChI is InChI=1S/C49H28N6/c1-2-12-32-29(11-1)21-24-35-33-13-4-8-18-41(33)53-45-28-31(22-25-40(45)51-48(53)46(32)35)30-23-26-43-37(27-30)34-14-5-9-19-42(34)54(43)49-52-38-16-6-3-15-36(38)47-50-39-17-7-10-20-44(39)55(47)49/h1-28H. The van der Waals surface area contributed by atoms with Crippen molar-refractivity contribution in [3.63, 3.8) is 0 Å². The first-order valence-corrected chi connectivity index (χ1v) is 18.6. The summed E-state index contributed by atoms with van der Waals surface area (Å²) < 4.78 is 6.88. The van der Waals surface area contributed by atoms with Gasteiger partial charge in [0.05, 0.1) is 44.1 Å². The lowest BCUT2D eigenvalue weighted by Gasteiger charge is -2.12. The molecule has 8 aromatic carbocycles. The van der Waals surface area contributed by atoms with Gasteiger partial charge in [0.25, 0.3) is 0 Å². The van der Waals surface area contributed by atoms with E-state index in [9.17, 15) is 0 Å². The number of aromatic nitrogens is 6. The molecule has 6 nitrogen and oxygen atoms in total. The van der Waals surface area contributed by atoms with Gasteiger partial charge in [-0.15, -0.1) is 0 Å². The van der Waals surface area contributed by atoms with Crippen LogP contribution < -0.4 is 0 Å². The van der Waals surface area contributed by atoms with Crippen LogP contribution in [0.3, 0.4) is 0 Å². The summed E-state index contributed by atoms with van der Waals surface area (Å²) in [6, 6.07) is 60.6. The minimum Gasteiger partial charge on any atom is -0.292 e. The van der Waals surface area contributed by atoms with Crippen LogP contribution >= 0.6 is 0 Å². The predicted molar refractivity (Wildman–Crippen MR) is 227 cm³/mol. The van der Waals surface area contributed by atoms with Crippen molar-refractivity contribution >= 4 is 98.5 Å². The highest BCUT2D eigenvalue weighted by molar-refractivity contribution is 6.23. The summed E-state index contributed by atoms with van der Waals surface area (Å²) in [6.07, 6.45) is 0. The summed E-state index contributed by atoms with van der Waals surface area (Å²) in [5, 5.41) is 9.43. The van der Waals surface area contributed by atoms with Gasteiger partial charge in [0.1, 0.15) is 11.3 Å². The molecule has 0 bridgehead atoms. The second-order valence-corrected chi connectivity index (χ2v) is 14.5.